The number of anilines is 1. The summed E-state index contributed by atoms with van der Waals surface area (Å²) >= 11 is 5.84. The Labute approximate surface area is 164 Å². The lowest BCUT2D eigenvalue weighted by Gasteiger charge is -2.39. The minimum Gasteiger partial charge on any atom is -0.484 e. The number of halogens is 1. The van der Waals surface area contributed by atoms with Gasteiger partial charge in [0.15, 0.2) is 6.61 Å². The standard InChI is InChI=1S/C21H23ClN2O3/c1-14-5-4-6-19(15(14)2)24-12-11-23(16(3)21(24)26)20(25)13-27-18-9-7-17(22)8-10-18/h4-10,16H,11-13H2,1-3H3. The number of amides is 2. The van der Waals surface area contributed by atoms with Gasteiger partial charge in [-0.25, -0.2) is 0 Å². The Kier molecular flexibility index (Phi) is 5.71. The number of ether oxygens (including phenoxy) is 1. The van der Waals surface area contributed by atoms with Crippen LogP contribution in [0.25, 0.3) is 0 Å². The summed E-state index contributed by atoms with van der Waals surface area (Å²) in [6.07, 6.45) is 0. The van der Waals surface area contributed by atoms with Crippen LogP contribution in [0, 0.1) is 13.8 Å². The van der Waals surface area contributed by atoms with Gasteiger partial charge in [-0.2, -0.15) is 0 Å². The Morgan fingerprint density at radius 2 is 1.85 bits per heavy atom. The van der Waals surface area contributed by atoms with Crippen molar-refractivity contribution in [1.82, 2.24) is 4.90 Å². The lowest BCUT2D eigenvalue weighted by Crippen LogP contribution is -2.58. The van der Waals surface area contributed by atoms with E-state index in [1.807, 2.05) is 32.0 Å². The van der Waals surface area contributed by atoms with Crippen molar-refractivity contribution < 1.29 is 14.3 Å². The highest BCUT2D eigenvalue weighted by Crippen LogP contribution is 2.26. The van der Waals surface area contributed by atoms with E-state index in [2.05, 4.69) is 0 Å². The molecule has 2 aromatic carbocycles. The molecule has 1 unspecified atom stereocenters. The van der Waals surface area contributed by atoms with Crippen LogP contribution in [0.4, 0.5) is 5.69 Å². The first-order valence-corrected chi connectivity index (χ1v) is 9.31. The van der Waals surface area contributed by atoms with Crippen molar-refractivity contribution in [2.45, 2.75) is 26.8 Å². The summed E-state index contributed by atoms with van der Waals surface area (Å²) < 4.78 is 5.53. The molecule has 1 saturated heterocycles. The number of hydrogen-bond acceptors (Lipinski definition) is 3. The first-order valence-electron chi connectivity index (χ1n) is 8.94. The Bertz CT molecular complexity index is 851. The molecule has 0 saturated carbocycles. The van der Waals surface area contributed by atoms with Crippen molar-refractivity contribution in [2.75, 3.05) is 24.6 Å². The average Bonchev–Trinajstić information content (AvgIpc) is 2.66. The molecule has 1 heterocycles. The molecular formula is C21H23ClN2O3. The summed E-state index contributed by atoms with van der Waals surface area (Å²) in [6, 6.07) is 12.2. The molecule has 0 aliphatic carbocycles. The van der Waals surface area contributed by atoms with Gasteiger partial charge in [0.2, 0.25) is 5.91 Å². The molecule has 1 fully saturated rings. The molecular weight excluding hydrogens is 364 g/mol. The second kappa shape index (κ2) is 8.01. The fraction of sp³-hybridized carbons (Fsp3) is 0.333. The number of hydrogen-bond donors (Lipinski definition) is 0. The van der Waals surface area contributed by atoms with Crippen molar-refractivity contribution >= 4 is 29.1 Å². The zero-order valence-electron chi connectivity index (χ0n) is 15.7. The number of aryl methyl sites for hydroxylation is 1. The second-order valence-corrected chi connectivity index (χ2v) is 7.15. The summed E-state index contributed by atoms with van der Waals surface area (Å²) in [4.78, 5) is 28.8. The second-order valence-electron chi connectivity index (χ2n) is 6.71. The first kappa shape index (κ1) is 19.2. The Hall–Kier alpha value is -2.53. The molecule has 5 nitrogen and oxygen atoms in total. The van der Waals surface area contributed by atoms with Crippen molar-refractivity contribution in [3.8, 4) is 5.75 Å². The van der Waals surface area contributed by atoms with Gasteiger partial charge in [-0.15, -0.1) is 0 Å². The third-order valence-electron chi connectivity index (χ3n) is 5.02. The number of carbonyl (C=O) groups is 2. The van der Waals surface area contributed by atoms with Crippen LogP contribution in [0.2, 0.25) is 5.02 Å². The molecule has 27 heavy (non-hydrogen) atoms. The maximum atomic E-state index is 12.9. The maximum Gasteiger partial charge on any atom is 0.261 e. The predicted molar refractivity (Wildman–Crippen MR) is 106 cm³/mol. The van der Waals surface area contributed by atoms with Gasteiger partial charge in [0.05, 0.1) is 0 Å². The van der Waals surface area contributed by atoms with Gasteiger partial charge >= 0.3 is 0 Å². The molecule has 2 amide bonds. The molecule has 1 aliphatic rings. The van der Waals surface area contributed by atoms with E-state index in [-0.39, 0.29) is 18.4 Å². The van der Waals surface area contributed by atoms with Gasteiger partial charge < -0.3 is 14.5 Å². The van der Waals surface area contributed by atoms with Crippen molar-refractivity contribution in [2.24, 2.45) is 0 Å². The molecule has 6 heteroatoms. The lowest BCUT2D eigenvalue weighted by atomic mass is 10.0. The van der Waals surface area contributed by atoms with Gasteiger partial charge in [-0.3, -0.25) is 9.59 Å². The SMILES string of the molecule is Cc1cccc(N2CCN(C(=O)COc3ccc(Cl)cc3)C(C)C2=O)c1C. The first-order chi connectivity index (χ1) is 12.9. The van der Waals surface area contributed by atoms with Gasteiger partial charge in [0.1, 0.15) is 11.8 Å². The van der Waals surface area contributed by atoms with Crippen LogP contribution in [0.15, 0.2) is 42.5 Å². The number of piperazine rings is 1. The Balaban J connectivity index is 1.66. The van der Waals surface area contributed by atoms with Crippen LogP contribution in [-0.4, -0.2) is 42.5 Å². The number of rotatable bonds is 4. The van der Waals surface area contributed by atoms with E-state index < -0.39 is 6.04 Å². The quantitative estimate of drug-likeness (QED) is 0.806. The van der Waals surface area contributed by atoms with Crippen LogP contribution < -0.4 is 9.64 Å². The van der Waals surface area contributed by atoms with Crippen LogP contribution in [0.1, 0.15) is 18.1 Å². The highest BCUT2D eigenvalue weighted by atomic mass is 35.5. The number of carbonyl (C=O) groups excluding carboxylic acids is 2. The molecule has 0 aromatic heterocycles. The molecule has 0 bridgehead atoms. The number of benzene rings is 2. The minimum atomic E-state index is -0.528. The van der Waals surface area contributed by atoms with Crippen molar-refractivity contribution in [3.63, 3.8) is 0 Å². The molecule has 0 N–H and O–H groups in total. The summed E-state index contributed by atoms with van der Waals surface area (Å²) in [5.41, 5.74) is 3.14. The van der Waals surface area contributed by atoms with E-state index in [0.717, 1.165) is 16.8 Å². The normalized spacial score (nSPS) is 17.2. The van der Waals surface area contributed by atoms with Crippen LogP contribution in [-0.2, 0) is 9.59 Å². The van der Waals surface area contributed by atoms with Crippen LogP contribution >= 0.6 is 11.6 Å². The van der Waals surface area contributed by atoms with E-state index in [1.165, 1.54) is 0 Å². The zero-order chi connectivity index (χ0) is 19.6. The Morgan fingerprint density at radius 3 is 2.56 bits per heavy atom. The molecule has 1 aliphatic heterocycles. The fourth-order valence-corrected chi connectivity index (χ4v) is 3.36. The van der Waals surface area contributed by atoms with Crippen LogP contribution in [0.3, 0.4) is 0 Å². The van der Waals surface area contributed by atoms with E-state index in [9.17, 15) is 9.59 Å². The maximum absolute atomic E-state index is 12.9. The largest absolute Gasteiger partial charge is 0.484 e. The molecule has 142 valence electrons. The van der Waals surface area contributed by atoms with Crippen molar-refractivity contribution in [3.05, 3.63) is 58.6 Å². The summed E-state index contributed by atoms with van der Waals surface area (Å²) in [5, 5.41) is 0.607. The van der Waals surface area contributed by atoms with Crippen molar-refractivity contribution in [1.29, 1.82) is 0 Å². The third kappa shape index (κ3) is 4.08. The predicted octanol–water partition coefficient (Wildman–Crippen LogP) is 3.60. The minimum absolute atomic E-state index is 0.0743. The smallest absolute Gasteiger partial charge is 0.261 e. The fourth-order valence-electron chi connectivity index (χ4n) is 3.24. The van der Waals surface area contributed by atoms with E-state index in [0.29, 0.717) is 23.9 Å². The van der Waals surface area contributed by atoms with E-state index in [1.54, 1.807) is 41.0 Å². The summed E-state index contributed by atoms with van der Waals surface area (Å²) in [7, 11) is 0. The molecule has 0 spiro atoms. The average molecular weight is 387 g/mol. The van der Waals surface area contributed by atoms with E-state index >= 15 is 0 Å². The van der Waals surface area contributed by atoms with Gasteiger partial charge in [0.25, 0.3) is 5.91 Å². The topological polar surface area (TPSA) is 49.9 Å². The number of nitrogens with zero attached hydrogens (tertiary/aromatic N) is 2. The molecule has 3 rings (SSSR count). The third-order valence-corrected chi connectivity index (χ3v) is 5.27. The molecule has 2 aromatic rings. The monoisotopic (exact) mass is 386 g/mol. The highest BCUT2D eigenvalue weighted by Gasteiger charge is 2.35. The molecule has 0 radical (unpaired) electrons. The van der Waals surface area contributed by atoms with Gasteiger partial charge in [-0.05, 0) is 62.2 Å². The van der Waals surface area contributed by atoms with Crippen LogP contribution in [0.5, 0.6) is 5.75 Å². The van der Waals surface area contributed by atoms with Gasteiger partial charge in [-0.1, -0.05) is 23.7 Å². The lowest BCUT2D eigenvalue weighted by molar-refractivity contribution is -0.142. The summed E-state index contributed by atoms with van der Waals surface area (Å²) in [5.74, 6) is 0.293. The highest BCUT2D eigenvalue weighted by molar-refractivity contribution is 6.30. The molecule has 1 atom stereocenters. The Morgan fingerprint density at radius 1 is 1.15 bits per heavy atom. The van der Waals surface area contributed by atoms with E-state index in [4.69, 9.17) is 16.3 Å². The summed E-state index contributed by atoms with van der Waals surface area (Å²) in [6.45, 7) is 6.65. The van der Waals surface area contributed by atoms with Gasteiger partial charge in [0, 0.05) is 23.8 Å². The zero-order valence-corrected chi connectivity index (χ0v) is 16.5.